The average Bonchev–Trinajstić information content (AvgIpc) is 3.64. The molecular weight excluding hydrogens is 596 g/mol. The van der Waals surface area contributed by atoms with E-state index in [0.717, 1.165) is 16.7 Å². The van der Waals surface area contributed by atoms with Crippen LogP contribution in [0.25, 0.3) is 11.8 Å². The lowest BCUT2D eigenvalue weighted by Gasteiger charge is -2.20. The Kier molecular flexibility index (Phi) is 10.3. The lowest BCUT2D eigenvalue weighted by Crippen LogP contribution is -2.36. The van der Waals surface area contributed by atoms with Gasteiger partial charge in [-0.3, -0.25) is 14.4 Å². The Hall–Kier alpha value is -4.32. The molecule has 3 aliphatic rings. The Morgan fingerprint density at radius 2 is 1.69 bits per heavy atom. The highest BCUT2D eigenvalue weighted by atomic mass is 32.1. The highest BCUT2D eigenvalue weighted by Crippen LogP contribution is 2.34. The number of H-pyrrole nitrogens is 1. The Morgan fingerprint density at radius 1 is 1.02 bits per heavy atom. The van der Waals surface area contributed by atoms with Gasteiger partial charge in [0.25, 0.3) is 0 Å². The van der Waals surface area contributed by atoms with Crippen LogP contribution in [0.2, 0.25) is 0 Å². The fourth-order valence-electron chi connectivity index (χ4n) is 6.55. The number of carboxylic acids is 2. The normalized spacial score (nSPS) is 24.6. The Bertz CT molecular complexity index is 1680. The highest BCUT2D eigenvalue weighted by Gasteiger charge is 2.35. The first-order valence-corrected chi connectivity index (χ1v) is 15.6. The Labute approximate surface area is 267 Å². The molecule has 4 rings (SSSR count). The summed E-state index contributed by atoms with van der Waals surface area (Å²) in [6.07, 6.45) is 4.81. The fraction of sp³-hybridized carbons (Fsp3) is 0.424. The monoisotopic (exact) mass is 638 g/mol. The van der Waals surface area contributed by atoms with Crippen LogP contribution in [-0.4, -0.2) is 61.4 Å². The highest BCUT2D eigenvalue weighted by molar-refractivity contribution is 7.83. The van der Waals surface area contributed by atoms with Crippen LogP contribution in [0.15, 0.2) is 57.5 Å². The number of hydrogen-bond donors (Lipinski definition) is 9. The summed E-state index contributed by atoms with van der Waals surface area (Å²) in [5.41, 5.74) is 5.66. The van der Waals surface area contributed by atoms with Gasteiger partial charge in [-0.2, -0.15) is 12.6 Å². The quantitative estimate of drug-likeness (QED) is 0.155. The molecule has 11 nitrogen and oxygen atoms in total. The van der Waals surface area contributed by atoms with Gasteiger partial charge in [0.2, 0.25) is 5.91 Å². The summed E-state index contributed by atoms with van der Waals surface area (Å²) in [5, 5.41) is 52.8. The number of rotatable bonds is 12. The first-order valence-electron chi connectivity index (χ1n) is 15.0. The van der Waals surface area contributed by atoms with Gasteiger partial charge >= 0.3 is 11.9 Å². The predicted octanol–water partition coefficient (Wildman–Crippen LogP) is 2.87. The van der Waals surface area contributed by atoms with Crippen molar-refractivity contribution < 1.29 is 34.8 Å². The fourth-order valence-corrected chi connectivity index (χ4v) is 6.71. The molecule has 242 valence electrons. The number of allylic oxidation sites excluding steroid dienone is 1. The van der Waals surface area contributed by atoms with Crippen LogP contribution in [0.4, 0.5) is 0 Å². The molecule has 1 aromatic heterocycles. The van der Waals surface area contributed by atoms with Gasteiger partial charge in [-0.1, -0.05) is 26.5 Å². The van der Waals surface area contributed by atoms with Crippen molar-refractivity contribution in [2.75, 3.05) is 0 Å². The number of carbonyl (C=O) groups excluding carboxylic acids is 1. The largest absolute Gasteiger partial charge is 0.508 e. The minimum atomic E-state index is -0.967. The van der Waals surface area contributed by atoms with E-state index in [2.05, 4.69) is 40.1 Å². The molecule has 1 amide bonds. The second-order valence-corrected chi connectivity index (χ2v) is 12.0. The van der Waals surface area contributed by atoms with Crippen molar-refractivity contribution >= 4 is 42.3 Å². The third kappa shape index (κ3) is 6.85. The van der Waals surface area contributed by atoms with E-state index >= 15 is 0 Å². The number of aliphatic carboxylic acids is 2. The molecule has 12 heteroatoms. The van der Waals surface area contributed by atoms with Gasteiger partial charge in [0.05, 0.1) is 23.5 Å². The smallest absolute Gasteiger partial charge is 0.303 e. The van der Waals surface area contributed by atoms with Crippen LogP contribution in [0.3, 0.4) is 0 Å². The molecule has 0 saturated carbocycles. The summed E-state index contributed by atoms with van der Waals surface area (Å²) >= 11 is 4.18. The summed E-state index contributed by atoms with van der Waals surface area (Å²) in [4.78, 5) is 38.8. The molecule has 0 aliphatic carbocycles. The summed E-state index contributed by atoms with van der Waals surface area (Å²) in [6, 6.07) is -1.19. The number of nitrogens with one attached hydrogen (secondary N) is 4. The van der Waals surface area contributed by atoms with E-state index in [1.807, 2.05) is 26.8 Å². The van der Waals surface area contributed by atoms with Gasteiger partial charge in [-0.25, -0.2) is 0 Å². The summed E-state index contributed by atoms with van der Waals surface area (Å²) in [7, 11) is 0. The molecule has 2 unspecified atom stereocenters. The molecule has 4 heterocycles. The second kappa shape index (κ2) is 13.8. The van der Waals surface area contributed by atoms with E-state index in [4.69, 9.17) is 0 Å². The molecule has 0 radical (unpaired) electrons. The maximum atomic E-state index is 12.4. The Morgan fingerprint density at radius 3 is 2.29 bits per heavy atom. The summed E-state index contributed by atoms with van der Waals surface area (Å²) < 4.78 is 0. The van der Waals surface area contributed by atoms with Gasteiger partial charge in [0.15, 0.2) is 5.88 Å². The van der Waals surface area contributed by atoms with E-state index in [0.29, 0.717) is 51.5 Å². The molecule has 45 heavy (non-hydrogen) atoms. The minimum absolute atomic E-state index is 0.00289. The van der Waals surface area contributed by atoms with E-state index in [1.54, 1.807) is 18.4 Å². The van der Waals surface area contributed by atoms with Gasteiger partial charge < -0.3 is 41.4 Å². The van der Waals surface area contributed by atoms with Gasteiger partial charge in [-0.15, -0.1) is 0 Å². The van der Waals surface area contributed by atoms with Crippen molar-refractivity contribution in [2.24, 2.45) is 5.92 Å². The number of carboxylic acid groups (broad SMARTS) is 2. The van der Waals surface area contributed by atoms with Crippen molar-refractivity contribution in [1.82, 2.24) is 20.9 Å². The predicted molar refractivity (Wildman–Crippen MR) is 175 cm³/mol. The first kappa shape index (κ1) is 33.6. The molecule has 1 aromatic rings. The lowest BCUT2D eigenvalue weighted by molar-refractivity contribution is -0.138. The van der Waals surface area contributed by atoms with E-state index < -0.39 is 18.0 Å². The van der Waals surface area contributed by atoms with Crippen LogP contribution >= 0.6 is 12.6 Å². The third-order valence-corrected chi connectivity index (χ3v) is 9.25. The molecule has 3 aliphatic heterocycles. The zero-order valence-electron chi connectivity index (χ0n) is 26.0. The summed E-state index contributed by atoms with van der Waals surface area (Å²) in [6.45, 7) is 11.7. The number of amides is 1. The Balaban J connectivity index is 1.79. The number of thiol groups is 1. The molecule has 0 aromatic carbocycles. The van der Waals surface area contributed by atoms with Crippen LogP contribution in [-0.2, 0) is 20.8 Å². The molecule has 0 spiro atoms. The lowest BCUT2D eigenvalue weighted by atomic mass is 9.92. The maximum absolute atomic E-state index is 12.4. The number of aromatic nitrogens is 1. The number of aliphatic hydroxyl groups is 2. The number of aromatic amines is 1. The number of carbonyl (C=O) groups is 3. The van der Waals surface area contributed by atoms with E-state index in [1.165, 1.54) is 0 Å². The molecule has 0 saturated heterocycles. The second-order valence-electron chi connectivity index (χ2n) is 11.7. The molecular formula is C33H42N4O7S. The average molecular weight is 639 g/mol. The van der Waals surface area contributed by atoms with Gasteiger partial charge in [0, 0.05) is 35.4 Å². The molecule has 0 bridgehead atoms. The van der Waals surface area contributed by atoms with Crippen molar-refractivity contribution in [2.45, 2.75) is 84.3 Å². The summed E-state index contributed by atoms with van der Waals surface area (Å²) in [5.74, 6) is -2.21. The maximum Gasteiger partial charge on any atom is 0.303 e. The van der Waals surface area contributed by atoms with Crippen LogP contribution < -0.4 is 26.6 Å². The van der Waals surface area contributed by atoms with E-state index in [-0.39, 0.29) is 61.2 Å². The molecule has 0 fully saturated rings. The van der Waals surface area contributed by atoms with Crippen LogP contribution in [0.5, 0.6) is 0 Å². The third-order valence-electron chi connectivity index (χ3n) is 9.10. The SMILES string of the molecule is C=C1C(CCC(=O)O)=C(/C=c2\[nH]/c(=C(/O)[C@H]3NC(O)=C(CC)C3C)c(C)c2CCC(=O)O)NC1C[C@@H]1NC(=O)C(C)=C1/C=C/S. The van der Waals surface area contributed by atoms with Crippen molar-refractivity contribution in [3.63, 3.8) is 0 Å². The standard InChI is InChI=1S/C33H42N4O7S/c1-6-19-16(3)30(37-33(19)44)31(42)29-17(4)21(8-10-28(40)41)25(35-29)14-24-20(7-9-27(38)39)15(2)23(34-24)13-26-22(11-12-45)18(5)32(43)36-26/h11-12,14,16,23,26,30,34-35,37,42,44-45H,2,6-10,13H2,1,3-5H3,(H,36,43)(H,38,39)(H,40,41)/b12-11+,25-14-,31-29+/t16?,23?,26-,30-/m0/s1. The van der Waals surface area contributed by atoms with Crippen molar-refractivity contribution in [1.29, 1.82) is 0 Å². The van der Waals surface area contributed by atoms with Crippen molar-refractivity contribution in [3.8, 4) is 0 Å². The van der Waals surface area contributed by atoms with Crippen LogP contribution in [0.1, 0.15) is 64.0 Å². The first-order chi connectivity index (χ1) is 21.3. The van der Waals surface area contributed by atoms with Gasteiger partial charge in [-0.05, 0) is 84.4 Å². The minimum Gasteiger partial charge on any atom is -0.508 e. The molecule has 4 atom stereocenters. The zero-order chi connectivity index (χ0) is 33.2. The van der Waals surface area contributed by atoms with E-state index in [9.17, 15) is 34.8 Å². The number of hydrogen-bond acceptors (Lipinski definition) is 8. The van der Waals surface area contributed by atoms with Crippen molar-refractivity contribution in [3.05, 3.63) is 79.3 Å². The number of aliphatic hydroxyl groups excluding tert-OH is 2. The topological polar surface area (TPSA) is 184 Å². The molecule has 8 N–H and O–H groups in total. The zero-order valence-corrected chi connectivity index (χ0v) is 26.8. The van der Waals surface area contributed by atoms with Crippen LogP contribution in [0, 0.1) is 12.8 Å². The van der Waals surface area contributed by atoms with Gasteiger partial charge in [0.1, 0.15) is 5.76 Å².